The van der Waals surface area contributed by atoms with Crippen LogP contribution in [-0.4, -0.2) is 20.9 Å². The molecule has 0 saturated heterocycles. The maximum absolute atomic E-state index is 11.7. The first kappa shape index (κ1) is 35.0. The van der Waals surface area contributed by atoms with Crippen molar-refractivity contribution in [3.05, 3.63) is 96.5 Å². The van der Waals surface area contributed by atoms with Crippen LogP contribution in [0.4, 0.5) is 0 Å². The summed E-state index contributed by atoms with van der Waals surface area (Å²) in [6, 6.07) is 26.7. The van der Waals surface area contributed by atoms with E-state index in [0.717, 1.165) is 64.2 Å². The maximum Gasteiger partial charge on any atom is 0.162 e. The Bertz CT molecular complexity index is 1980. The Morgan fingerprint density at radius 2 is 1.52 bits per heavy atom. The number of rotatable bonds is 9. The van der Waals surface area contributed by atoms with Crippen LogP contribution in [0.25, 0.3) is 54.9 Å². The fraction of sp³-hybridized carbons (Fsp3) is 0.325. The number of allylic oxidation sites excluding steroid dienone is 2. The predicted molar refractivity (Wildman–Crippen MR) is 187 cm³/mol. The van der Waals surface area contributed by atoms with Gasteiger partial charge in [0.25, 0.3) is 0 Å². The van der Waals surface area contributed by atoms with E-state index in [1.807, 2.05) is 45.9 Å². The Hall–Kier alpha value is -3.86. The number of fused-ring (bicyclic) bond motifs is 5. The average Bonchev–Trinajstić information content (AvgIpc) is 3.42. The molecule has 0 saturated carbocycles. The van der Waals surface area contributed by atoms with Crippen LogP contribution in [0.5, 0.6) is 0 Å². The molecule has 0 bridgehead atoms. The largest absolute Gasteiger partial charge is 0.512 e. The molecule has 6 heteroatoms. The quantitative estimate of drug-likeness (QED) is 0.0896. The van der Waals surface area contributed by atoms with Gasteiger partial charge in [-0.05, 0) is 60.1 Å². The van der Waals surface area contributed by atoms with Gasteiger partial charge in [-0.3, -0.25) is 9.78 Å². The first-order chi connectivity index (χ1) is 21.8. The number of benzene rings is 4. The molecule has 0 fully saturated rings. The first-order valence-electron chi connectivity index (χ1n) is 16.2. The van der Waals surface area contributed by atoms with Crippen molar-refractivity contribution < 1.29 is 34.4 Å². The van der Waals surface area contributed by atoms with Crippen LogP contribution in [0.3, 0.4) is 0 Å². The minimum absolute atomic E-state index is 0. The standard InChI is InChI=1S/C27H19N2O.C13H24O2.Ir/c1-16(2)18-8-9-20-13-23-24(14-22(20)11-18)30-27-25(28-15-29-26(23)27)21-10-7-17-5-3-4-6-19(17)12-21;1-5-10(6-2)12(14)9-13(15)11(7-3)8-4;/h3-9,11-16H,1-2H3;9-11,14H,5-8H2,1-4H3;/q-1;;/b;12-9-;. The zero-order valence-electron chi connectivity index (χ0n) is 27.6. The van der Waals surface area contributed by atoms with Crippen LogP contribution in [0, 0.1) is 17.9 Å². The second-order valence-electron chi connectivity index (χ2n) is 12.1. The van der Waals surface area contributed by atoms with E-state index in [9.17, 15) is 9.90 Å². The topological polar surface area (TPSA) is 76.2 Å². The molecule has 1 N–H and O–H groups in total. The molecular weight excluding hydrogens is 749 g/mol. The van der Waals surface area contributed by atoms with Crippen molar-refractivity contribution >= 4 is 49.4 Å². The van der Waals surface area contributed by atoms with Crippen molar-refractivity contribution in [2.45, 2.75) is 73.1 Å². The SMILES string of the molecule is CC(C)c1ccc2cc3c(cc2c1)oc1c(-c2[c-]cc4ccccc4c2)ncnc13.CCC(CC)C(=O)/C=C(\O)C(CC)CC.[Ir]. The molecule has 2 heterocycles. The third kappa shape index (κ3) is 7.40. The van der Waals surface area contributed by atoms with Crippen molar-refractivity contribution in [2.75, 3.05) is 0 Å². The van der Waals surface area contributed by atoms with Gasteiger partial charge in [-0.15, -0.1) is 29.1 Å². The van der Waals surface area contributed by atoms with Crippen LogP contribution < -0.4 is 0 Å². The number of carbonyl (C=O) groups excluding carboxylic acids is 1. The summed E-state index contributed by atoms with van der Waals surface area (Å²) in [5, 5.41) is 15.4. The normalized spacial score (nSPS) is 11.9. The molecule has 6 rings (SSSR count). The summed E-state index contributed by atoms with van der Waals surface area (Å²) in [7, 11) is 0. The van der Waals surface area contributed by atoms with Gasteiger partial charge in [0.2, 0.25) is 0 Å². The number of nitrogens with zero attached hydrogens (tertiary/aromatic N) is 2. The van der Waals surface area contributed by atoms with Gasteiger partial charge in [-0.25, -0.2) is 4.98 Å². The summed E-state index contributed by atoms with van der Waals surface area (Å²) in [5.41, 5.74) is 5.38. The van der Waals surface area contributed by atoms with Gasteiger partial charge in [0, 0.05) is 49.1 Å². The van der Waals surface area contributed by atoms with Gasteiger partial charge in [0.1, 0.15) is 23.0 Å². The molecule has 0 unspecified atom stereocenters. The van der Waals surface area contributed by atoms with Crippen LogP contribution >= 0.6 is 0 Å². The number of hydrogen-bond acceptors (Lipinski definition) is 5. The first-order valence-corrected chi connectivity index (χ1v) is 16.2. The summed E-state index contributed by atoms with van der Waals surface area (Å²) in [5.74, 6) is 1.04. The third-order valence-corrected chi connectivity index (χ3v) is 8.92. The molecular formula is C40H43IrN2O3-. The van der Waals surface area contributed by atoms with Gasteiger partial charge in [-0.1, -0.05) is 89.4 Å². The minimum atomic E-state index is 0. The van der Waals surface area contributed by atoms with Crippen molar-refractivity contribution in [3.8, 4) is 11.3 Å². The van der Waals surface area contributed by atoms with E-state index in [1.54, 1.807) is 6.33 Å². The van der Waals surface area contributed by atoms with E-state index >= 15 is 0 Å². The maximum atomic E-state index is 11.7. The Morgan fingerprint density at radius 1 is 0.848 bits per heavy atom. The summed E-state index contributed by atoms with van der Waals surface area (Å²) in [6.07, 6.45) is 6.52. The van der Waals surface area contributed by atoms with Crippen molar-refractivity contribution in [1.29, 1.82) is 0 Å². The Morgan fingerprint density at radius 3 is 2.20 bits per heavy atom. The van der Waals surface area contributed by atoms with E-state index in [4.69, 9.17) is 4.42 Å². The molecule has 0 amide bonds. The van der Waals surface area contributed by atoms with Crippen LogP contribution in [0.15, 0.2) is 89.3 Å². The van der Waals surface area contributed by atoms with Gasteiger partial charge in [0.05, 0.1) is 5.76 Å². The van der Waals surface area contributed by atoms with Crippen LogP contribution in [0.1, 0.15) is 78.7 Å². The van der Waals surface area contributed by atoms with Crippen molar-refractivity contribution in [3.63, 3.8) is 0 Å². The number of aliphatic hydroxyl groups is 1. The average molecular weight is 792 g/mol. The predicted octanol–water partition coefficient (Wildman–Crippen LogP) is 11.1. The van der Waals surface area contributed by atoms with Gasteiger partial charge >= 0.3 is 0 Å². The van der Waals surface area contributed by atoms with Crippen LogP contribution in [-0.2, 0) is 24.9 Å². The monoisotopic (exact) mass is 792 g/mol. The number of carbonyl (C=O) groups is 1. The van der Waals surface area contributed by atoms with Crippen LogP contribution in [0.2, 0.25) is 0 Å². The van der Waals surface area contributed by atoms with Gasteiger partial charge < -0.3 is 9.52 Å². The molecule has 0 aliphatic rings. The van der Waals surface area contributed by atoms with E-state index in [-0.39, 0.29) is 43.5 Å². The number of hydrogen-bond donors (Lipinski definition) is 1. The molecule has 0 aliphatic heterocycles. The number of aliphatic hydroxyl groups excluding tert-OH is 1. The molecule has 4 aromatic carbocycles. The van der Waals surface area contributed by atoms with E-state index in [1.165, 1.54) is 22.4 Å². The zero-order valence-corrected chi connectivity index (χ0v) is 30.0. The fourth-order valence-electron chi connectivity index (χ4n) is 5.93. The summed E-state index contributed by atoms with van der Waals surface area (Å²) >= 11 is 0. The molecule has 241 valence electrons. The van der Waals surface area contributed by atoms with Crippen molar-refractivity contribution in [1.82, 2.24) is 9.97 Å². The molecule has 0 atom stereocenters. The summed E-state index contributed by atoms with van der Waals surface area (Å²) in [4.78, 5) is 20.8. The molecule has 46 heavy (non-hydrogen) atoms. The Kier molecular flexibility index (Phi) is 11.9. The van der Waals surface area contributed by atoms with E-state index in [0.29, 0.717) is 11.5 Å². The Labute approximate surface area is 285 Å². The second kappa shape index (κ2) is 15.6. The van der Waals surface area contributed by atoms with E-state index in [2.05, 4.69) is 78.4 Å². The molecule has 2 aromatic heterocycles. The summed E-state index contributed by atoms with van der Waals surface area (Å²) < 4.78 is 6.31. The summed E-state index contributed by atoms with van der Waals surface area (Å²) in [6.45, 7) is 12.5. The molecule has 0 aliphatic carbocycles. The minimum Gasteiger partial charge on any atom is -0.512 e. The molecule has 5 nitrogen and oxygen atoms in total. The smallest absolute Gasteiger partial charge is 0.162 e. The molecule has 6 aromatic rings. The van der Waals surface area contributed by atoms with E-state index < -0.39 is 0 Å². The van der Waals surface area contributed by atoms with Crippen molar-refractivity contribution in [2.24, 2.45) is 11.8 Å². The Balaban J connectivity index is 0.000000259. The number of ketones is 1. The van der Waals surface area contributed by atoms with Gasteiger partial charge in [0.15, 0.2) is 5.78 Å². The molecule has 1 radical (unpaired) electrons. The fourth-order valence-corrected chi connectivity index (χ4v) is 5.93. The van der Waals surface area contributed by atoms with Gasteiger partial charge in [-0.2, -0.15) is 0 Å². The molecule has 0 spiro atoms. The number of aromatic nitrogens is 2. The number of furan rings is 1. The third-order valence-electron chi connectivity index (χ3n) is 8.92. The zero-order chi connectivity index (χ0) is 32.1. The second-order valence-corrected chi connectivity index (χ2v) is 12.1.